The fourth-order valence-electron chi connectivity index (χ4n) is 3.25. The Kier molecular flexibility index (Phi) is 3.52. The number of likely N-dealkylation sites (tertiary alicyclic amines) is 1. The monoisotopic (exact) mass is 340 g/mol. The Balaban J connectivity index is 1.74. The van der Waals surface area contributed by atoms with Gasteiger partial charge in [-0.1, -0.05) is 5.16 Å². The number of amides is 1. The third-order valence-electron chi connectivity index (χ3n) is 4.44. The zero-order valence-electron chi connectivity index (χ0n) is 13.5. The first kappa shape index (κ1) is 15.4. The molecule has 1 N–H and O–H groups in total. The zero-order chi connectivity index (χ0) is 17.6. The van der Waals surface area contributed by atoms with Crippen molar-refractivity contribution in [2.45, 2.75) is 25.8 Å². The van der Waals surface area contributed by atoms with Gasteiger partial charge in [0.2, 0.25) is 0 Å². The standard InChI is InChI=1S/C17H16N4O4/c1-10-8-12(19-25-10)13-4-2-6-20(13)16(23)11-9-18-15-14(22)5-3-7-21(15)17(11)24/h3,5,7-9,13,22H,2,4,6H2,1H3/t13-/m1/s1. The molecule has 0 saturated carbocycles. The van der Waals surface area contributed by atoms with Crippen molar-refractivity contribution in [1.29, 1.82) is 0 Å². The number of nitrogens with zero attached hydrogens (tertiary/aromatic N) is 4. The van der Waals surface area contributed by atoms with Crippen molar-refractivity contribution in [2.24, 2.45) is 0 Å². The second-order valence-corrected chi connectivity index (χ2v) is 6.08. The molecule has 0 aromatic carbocycles. The first-order chi connectivity index (χ1) is 12.1. The molecule has 25 heavy (non-hydrogen) atoms. The van der Waals surface area contributed by atoms with Gasteiger partial charge in [0.05, 0.1) is 6.04 Å². The lowest BCUT2D eigenvalue weighted by molar-refractivity contribution is 0.0728. The number of carbonyl (C=O) groups excluding carboxylic acids is 1. The molecule has 1 saturated heterocycles. The van der Waals surface area contributed by atoms with E-state index in [-0.39, 0.29) is 23.0 Å². The van der Waals surface area contributed by atoms with E-state index in [4.69, 9.17) is 4.52 Å². The molecule has 1 fully saturated rings. The smallest absolute Gasteiger partial charge is 0.270 e. The van der Waals surface area contributed by atoms with Crippen molar-refractivity contribution in [3.05, 3.63) is 58.0 Å². The molecule has 4 heterocycles. The van der Waals surface area contributed by atoms with Crippen LogP contribution in [-0.4, -0.2) is 37.0 Å². The van der Waals surface area contributed by atoms with Crippen molar-refractivity contribution < 1.29 is 14.4 Å². The van der Waals surface area contributed by atoms with E-state index in [1.54, 1.807) is 17.9 Å². The molecule has 3 aromatic heterocycles. The largest absolute Gasteiger partial charge is 0.504 e. The van der Waals surface area contributed by atoms with Gasteiger partial charge in [-0.05, 0) is 31.9 Å². The Morgan fingerprint density at radius 1 is 1.44 bits per heavy atom. The SMILES string of the molecule is Cc1cc([C@H]2CCCN2C(=O)c2cnc3c(O)cccn3c2=O)no1. The predicted octanol–water partition coefficient (Wildman–Crippen LogP) is 1.67. The van der Waals surface area contributed by atoms with Gasteiger partial charge in [-0.2, -0.15) is 0 Å². The number of pyridine rings is 1. The van der Waals surface area contributed by atoms with Crippen molar-refractivity contribution in [3.63, 3.8) is 0 Å². The molecule has 0 aliphatic carbocycles. The van der Waals surface area contributed by atoms with Crippen LogP contribution in [-0.2, 0) is 0 Å². The Labute approximate surface area is 142 Å². The Morgan fingerprint density at radius 3 is 3.04 bits per heavy atom. The van der Waals surface area contributed by atoms with Crippen molar-refractivity contribution in [3.8, 4) is 5.75 Å². The molecule has 3 aromatic rings. The van der Waals surface area contributed by atoms with Gasteiger partial charge in [0, 0.05) is 25.0 Å². The zero-order valence-corrected chi connectivity index (χ0v) is 13.5. The van der Waals surface area contributed by atoms with Gasteiger partial charge in [-0.25, -0.2) is 4.98 Å². The summed E-state index contributed by atoms with van der Waals surface area (Å²) in [5.74, 6) is 0.173. The van der Waals surface area contributed by atoms with Gasteiger partial charge in [0.1, 0.15) is 17.0 Å². The van der Waals surface area contributed by atoms with E-state index in [9.17, 15) is 14.7 Å². The summed E-state index contributed by atoms with van der Waals surface area (Å²) in [5.41, 5.74) is 0.270. The lowest BCUT2D eigenvalue weighted by Crippen LogP contribution is -2.35. The normalized spacial score (nSPS) is 17.3. The topological polar surface area (TPSA) is 101 Å². The summed E-state index contributed by atoms with van der Waals surface area (Å²) in [7, 11) is 0. The van der Waals surface area contributed by atoms with Crippen molar-refractivity contribution in [2.75, 3.05) is 6.54 Å². The van der Waals surface area contributed by atoms with E-state index in [0.717, 1.165) is 12.8 Å². The molecule has 1 aliphatic heterocycles. The van der Waals surface area contributed by atoms with Crippen LogP contribution < -0.4 is 5.56 Å². The van der Waals surface area contributed by atoms with Crippen LogP contribution in [0.3, 0.4) is 0 Å². The van der Waals surface area contributed by atoms with Crippen LogP contribution >= 0.6 is 0 Å². The van der Waals surface area contributed by atoms with E-state index in [0.29, 0.717) is 18.0 Å². The van der Waals surface area contributed by atoms with Crippen LogP contribution in [0.4, 0.5) is 0 Å². The number of aryl methyl sites for hydroxylation is 1. The summed E-state index contributed by atoms with van der Waals surface area (Å²) in [6, 6.07) is 4.55. The number of hydrogen-bond acceptors (Lipinski definition) is 6. The summed E-state index contributed by atoms with van der Waals surface area (Å²) < 4.78 is 6.29. The third-order valence-corrected chi connectivity index (χ3v) is 4.44. The summed E-state index contributed by atoms with van der Waals surface area (Å²) in [4.78, 5) is 31.3. The number of aromatic hydroxyl groups is 1. The minimum atomic E-state index is -0.507. The summed E-state index contributed by atoms with van der Waals surface area (Å²) >= 11 is 0. The number of rotatable bonds is 2. The minimum Gasteiger partial charge on any atom is -0.504 e. The quantitative estimate of drug-likeness (QED) is 0.761. The second kappa shape index (κ2) is 5.73. The summed E-state index contributed by atoms with van der Waals surface area (Å²) in [6.07, 6.45) is 4.29. The molecule has 4 rings (SSSR count). The maximum Gasteiger partial charge on any atom is 0.270 e. The van der Waals surface area contributed by atoms with Crippen LogP contribution in [0.2, 0.25) is 0 Å². The van der Waals surface area contributed by atoms with Crippen LogP contribution in [0.5, 0.6) is 5.75 Å². The fourth-order valence-corrected chi connectivity index (χ4v) is 3.25. The predicted molar refractivity (Wildman–Crippen MR) is 87.4 cm³/mol. The number of aromatic nitrogens is 3. The van der Waals surface area contributed by atoms with Gasteiger partial charge in [-0.15, -0.1) is 0 Å². The first-order valence-electron chi connectivity index (χ1n) is 8.00. The van der Waals surface area contributed by atoms with Crippen LogP contribution in [0.25, 0.3) is 5.65 Å². The molecule has 0 unspecified atom stereocenters. The van der Waals surface area contributed by atoms with E-state index in [1.807, 2.05) is 0 Å². The fraction of sp³-hybridized carbons (Fsp3) is 0.294. The van der Waals surface area contributed by atoms with E-state index in [2.05, 4.69) is 10.1 Å². The highest BCUT2D eigenvalue weighted by Crippen LogP contribution is 2.32. The summed E-state index contributed by atoms with van der Waals surface area (Å²) in [6.45, 7) is 2.33. The summed E-state index contributed by atoms with van der Waals surface area (Å²) in [5, 5.41) is 13.8. The van der Waals surface area contributed by atoms with Gasteiger partial charge >= 0.3 is 0 Å². The molecule has 1 aliphatic rings. The minimum absolute atomic E-state index is 0.0322. The third kappa shape index (κ3) is 2.46. The van der Waals surface area contributed by atoms with E-state index < -0.39 is 11.5 Å². The van der Waals surface area contributed by atoms with E-state index in [1.165, 1.54) is 28.9 Å². The second-order valence-electron chi connectivity index (χ2n) is 6.08. The maximum atomic E-state index is 12.9. The highest BCUT2D eigenvalue weighted by atomic mass is 16.5. The number of carbonyl (C=O) groups is 1. The van der Waals surface area contributed by atoms with Crippen molar-refractivity contribution >= 4 is 11.6 Å². The molecule has 1 amide bonds. The van der Waals surface area contributed by atoms with Crippen molar-refractivity contribution in [1.82, 2.24) is 19.4 Å². The highest BCUT2D eigenvalue weighted by Gasteiger charge is 2.34. The molecule has 128 valence electrons. The lowest BCUT2D eigenvalue weighted by atomic mass is 10.1. The van der Waals surface area contributed by atoms with Crippen LogP contribution in [0.15, 0.2) is 39.9 Å². The number of hydrogen-bond donors (Lipinski definition) is 1. The Morgan fingerprint density at radius 2 is 2.28 bits per heavy atom. The average molecular weight is 340 g/mol. The molecular weight excluding hydrogens is 324 g/mol. The molecule has 0 spiro atoms. The van der Waals surface area contributed by atoms with Crippen LogP contribution in [0.1, 0.15) is 40.7 Å². The van der Waals surface area contributed by atoms with Gasteiger partial charge < -0.3 is 14.5 Å². The van der Waals surface area contributed by atoms with Crippen LogP contribution in [0, 0.1) is 6.92 Å². The highest BCUT2D eigenvalue weighted by molar-refractivity contribution is 5.94. The Bertz CT molecular complexity index is 1020. The van der Waals surface area contributed by atoms with Gasteiger partial charge in [0.15, 0.2) is 11.4 Å². The molecule has 0 radical (unpaired) electrons. The Hall–Kier alpha value is -3.16. The molecule has 8 heteroatoms. The molecule has 1 atom stereocenters. The molecule has 0 bridgehead atoms. The lowest BCUT2D eigenvalue weighted by Gasteiger charge is -2.22. The van der Waals surface area contributed by atoms with E-state index >= 15 is 0 Å². The number of fused-ring (bicyclic) bond motifs is 1. The molecule has 8 nitrogen and oxygen atoms in total. The first-order valence-corrected chi connectivity index (χ1v) is 8.00. The maximum absolute atomic E-state index is 12.9. The average Bonchev–Trinajstić information content (AvgIpc) is 3.24. The van der Waals surface area contributed by atoms with Gasteiger partial charge in [0.25, 0.3) is 11.5 Å². The van der Waals surface area contributed by atoms with Gasteiger partial charge in [-0.3, -0.25) is 14.0 Å². The molecular formula is C17H16N4O4.